The van der Waals surface area contributed by atoms with E-state index >= 15 is 0 Å². The third-order valence-electron chi connectivity index (χ3n) is 2.39. The van der Waals surface area contributed by atoms with Crippen LogP contribution in [0.15, 0.2) is 30.0 Å². The van der Waals surface area contributed by atoms with E-state index in [1.54, 1.807) is 18.2 Å². The van der Waals surface area contributed by atoms with E-state index in [4.69, 9.17) is 16.3 Å². The van der Waals surface area contributed by atoms with Gasteiger partial charge in [0.15, 0.2) is 0 Å². The van der Waals surface area contributed by atoms with Crippen molar-refractivity contribution in [3.8, 4) is 0 Å². The van der Waals surface area contributed by atoms with Crippen molar-refractivity contribution in [1.29, 1.82) is 0 Å². The van der Waals surface area contributed by atoms with Crippen LogP contribution in [0.5, 0.6) is 0 Å². The average Bonchev–Trinajstić information content (AvgIpc) is 2.57. The number of halogens is 1. The van der Waals surface area contributed by atoms with Crippen LogP contribution in [0.2, 0.25) is 5.15 Å². The lowest BCUT2D eigenvalue weighted by molar-refractivity contribution is -0.112. The van der Waals surface area contributed by atoms with Crippen molar-refractivity contribution in [3.05, 3.63) is 35.1 Å². The highest BCUT2D eigenvalue weighted by atomic mass is 35.5. The average molecular weight is 268 g/mol. The molecule has 1 fully saturated rings. The smallest absolute Gasteiger partial charge is 0.251 e. The van der Waals surface area contributed by atoms with Crippen LogP contribution in [0.25, 0.3) is 0 Å². The number of aromatic nitrogens is 1. The molecule has 2 heterocycles. The molecule has 96 valence electrons. The first-order chi connectivity index (χ1) is 8.74. The van der Waals surface area contributed by atoms with Crippen LogP contribution in [0.4, 0.5) is 5.82 Å². The predicted molar refractivity (Wildman–Crippen MR) is 69.4 cm³/mol. The van der Waals surface area contributed by atoms with E-state index < -0.39 is 0 Å². The number of hydrogen-bond acceptors (Lipinski definition) is 4. The molecule has 0 bridgehead atoms. The Labute approximate surface area is 110 Å². The minimum absolute atomic E-state index is 0.228. The number of hydrogen-bond donors (Lipinski definition) is 2. The topological polar surface area (TPSA) is 63.2 Å². The first kappa shape index (κ1) is 12.9. The van der Waals surface area contributed by atoms with Gasteiger partial charge in [-0.2, -0.15) is 0 Å². The number of carbonyl (C=O) groups is 1. The van der Waals surface area contributed by atoms with Gasteiger partial charge >= 0.3 is 0 Å². The number of amides is 1. The molecule has 1 saturated heterocycles. The Balaban J connectivity index is 1.97. The van der Waals surface area contributed by atoms with Gasteiger partial charge in [-0.1, -0.05) is 17.7 Å². The standard InChI is InChI=1S/C12H14ClN3O2/c13-10-2-1-3-11(15-10)16-12(17)8-9-4-6-18-7-5-14-9/h1-3,8,14H,4-7H2,(H,15,16,17)/b9-8-. The van der Waals surface area contributed by atoms with Crippen molar-refractivity contribution in [2.75, 3.05) is 25.1 Å². The second kappa shape index (κ2) is 6.37. The molecule has 0 unspecified atom stereocenters. The van der Waals surface area contributed by atoms with Gasteiger partial charge in [-0.05, 0) is 12.1 Å². The lowest BCUT2D eigenvalue weighted by atomic mass is 10.3. The van der Waals surface area contributed by atoms with Crippen LogP contribution in [-0.4, -0.2) is 30.6 Å². The van der Waals surface area contributed by atoms with E-state index in [1.807, 2.05) is 0 Å². The molecule has 1 amide bonds. The number of rotatable bonds is 2. The molecule has 0 radical (unpaired) electrons. The Hall–Kier alpha value is -1.59. The highest BCUT2D eigenvalue weighted by molar-refractivity contribution is 6.29. The Bertz CT molecular complexity index is 452. The lowest BCUT2D eigenvalue weighted by Crippen LogP contribution is -2.18. The molecule has 6 heteroatoms. The Morgan fingerprint density at radius 3 is 3.22 bits per heavy atom. The van der Waals surface area contributed by atoms with Crippen LogP contribution in [0.3, 0.4) is 0 Å². The molecule has 18 heavy (non-hydrogen) atoms. The van der Waals surface area contributed by atoms with Gasteiger partial charge in [0.05, 0.1) is 13.2 Å². The van der Waals surface area contributed by atoms with Crippen molar-refractivity contribution in [3.63, 3.8) is 0 Å². The summed E-state index contributed by atoms with van der Waals surface area (Å²) in [7, 11) is 0. The largest absolute Gasteiger partial charge is 0.386 e. The van der Waals surface area contributed by atoms with Crippen molar-refractivity contribution < 1.29 is 9.53 Å². The molecule has 2 rings (SSSR count). The zero-order chi connectivity index (χ0) is 12.8. The Morgan fingerprint density at radius 1 is 1.50 bits per heavy atom. The van der Waals surface area contributed by atoms with Gasteiger partial charge in [0.25, 0.3) is 5.91 Å². The number of nitrogens with one attached hydrogen (secondary N) is 2. The highest BCUT2D eigenvalue weighted by Gasteiger charge is 2.06. The third kappa shape index (κ3) is 4.01. The molecule has 1 aromatic rings. The van der Waals surface area contributed by atoms with E-state index in [0.29, 0.717) is 37.2 Å². The number of nitrogens with zero attached hydrogens (tertiary/aromatic N) is 1. The van der Waals surface area contributed by atoms with Crippen LogP contribution in [-0.2, 0) is 9.53 Å². The van der Waals surface area contributed by atoms with Gasteiger partial charge in [-0.3, -0.25) is 4.79 Å². The molecule has 0 saturated carbocycles. The summed E-state index contributed by atoms with van der Waals surface area (Å²) in [6, 6.07) is 5.07. The number of pyridine rings is 1. The van der Waals surface area contributed by atoms with Gasteiger partial charge in [0.2, 0.25) is 0 Å². The summed E-state index contributed by atoms with van der Waals surface area (Å²) in [5.41, 5.74) is 0.868. The zero-order valence-electron chi connectivity index (χ0n) is 9.78. The molecule has 0 spiro atoms. The number of ether oxygens (including phenoxy) is 1. The quantitative estimate of drug-likeness (QED) is 0.631. The number of carbonyl (C=O) groups excluding carboxylic acids is 1. The van der Waals surface area contributed by atoms with Gasteiger partial charge in [0.1, 0.15) is 11.0 Å². The second-order valence-electron chi connectivity index (χ2n) is 3.79. The fourth-order valence-corrected chi connectivity index (χ4v) is 1.74. The van der Waals surface area contributed by atoms with Crippen LogP contribution in [0, 0.1) is 0 Å². The molecule has 1 aromatic heterocycles. The van der Waals surface area contributed by atoms with Gasteiger partial charge < -0.3 is 15.4 Å². The molecular formula is C12H14ClN3O2. The summed E-state index contributed by atoms with van der Waals surface area (Å²) >= 11 is 5.74. The van der Waals surface area contributed by atoms with Crippen molar-refractivity contribution in [1.82, 2.24) is 10.3 Å². The molecule has 0 atom stereocenters. The maximum absolute atomic E-state index is 11.8. The van der Waals surface area contributed by atoms with Crippen LogP contribution < -0.4 is 10.6 Å². The molecule has 5 nitrogen and oxygen atoms in total. The second-order valence-corrected chi connectivity index (χ2v) is 4.18. The first-order valence-corrected chi connectivity index (χ1v) is 6.07. The van der Waals surface area contributed by atoms with E-state index in [1.165, 1.54) is 6.08 Å². The molecule has 0 aromatic carbocycles. The Morgan fingerprint density at radius 2 is 2.39 bits per heavy atom. The van der Waals surface area contributed by atoms with Crippen LogP contribution >= 0.6 is 11.6 Å². The Kier molecular flexibility index (Phi) is 4.55. The van der Waals surface area contributed by atoms with Crippen molar-refractivity contribution in [2.24, 2.45) is 0 Å². The fraction of sp³-hybridized carbons (Fsp3) is 0.333. The van der Waals surface area contributed by atoms with E-state index in [2.05, 4.69) is 15.6 Å². The maximum Gasteiger partial charge on any atom is 0.251 e. The first-order valence-electron chi connectivity index (χ1n) is 5.70. The molecule has 2 N–H and O–H groups in total. The van der Waals surface area contributed by atoms with Crippen LogP contribution in [0.1, 0.15) is 6.42 Å². The molecule has 1 aliphatic heterocycles. The third-order valence-corrected chi connectivity index (χ3v) is 2.60. The molecular weight excluding hydrogens is 254 g/mol. The highest BCUT2D eigenvalue weighted by Crippen LogP contribution is 2.09. The maximum atomic E-state index is 11.8. The van der Waals surface area contributed by atoms with E-state index in [0.717, 1.165) is 5.70 Å². The summed E-state index contributed by atoms with van der Waals surface area (Å²) < 4.78 is 5.28. The minimum atomic E-state index is -0.228. The van der Waals surface area contributed by atoms with Crippen molar-refractivity contribution >= 4 is 23.3 Å². The summed E-state index contributed by atoms with van der Waals surface area (Å²) in [4.78, 5) is 15.7. The molecule has 0 aliphatic carbocycles. The number of anilines is 1. The molecule has 1 aliphatic rings. The SMILES string of the molecule is O=C(/C=C1/CCOCCN1)Nc1cccc(Cl)n1. The summed E-state index contributed by atoms with van der Waals surface area (Å²) in [6.45, 7) is 2.00. The fourth-order valence-electron chi connectivity index (χ4n) is 1.58. The van der Waals surface area contributed by atoms with Gasteiger partial charge in [-0.25, -0.2) is 4.98 Å². The van der Waals surface area contributed by atoms with Gasteiger partial charge in [-0.15, -0.1) is 0 Å². The summed E-state index contributed by atoms with van der Waals surface area (Å²) in [5, 5.41) is 6.15. The predicted octanol–water partition coefficient (Wildman–Crippen LogP) is 1.57. The van der Waals surface area contributed by atoms with Gasteiger partial charge in [0, 0.05) is 24.7 Å². The van der Waals surface area contributed by atoms with Crippen molar-refractivity contribution in [2.45, 2.75) is 6.42 Å². The summed E-state index contributed by atoms with van der Waals surface area (Å²) in [5.74, 6) is 0.211. The minimum Gasteiger partial charge on any atom is -0.386 e. The monoisotopic (exact) mass is 267 g/mol. The summed E-state index contributed by atoms with van der Waals surface area (Å²) in [6.07, 6.45) is 2.23. The lowest BCUT2D eigenvalue weighted by Gasteiger charge is -2.05. The normalized spacial score (nSPS) is 17.9. The zero-order valence-corrected chi connectivity index (χ0v) is 10.5. The van der Waals surface area contributed by atoms with E-state index in [-0.39, 0.29) is 5.91 Å². The van der Waals surface area contributed by atoms with E-state index in [9.17, 15) is 4.79 Å².